The van der Waals surface area contributed by atoms with Crippen molar-refractivity contribution in [2.24, 2.45) is 0 Å². The third-order valence-corrected chi connectivity index (χ3v) is 2.69. The van der Waals surface area contributed by atoms with E-state index < -0.39 is 0 Å². The maximum absolute atomic E-state index is 5.30. The summed E-state index contributed by atoms with van der Waals surface area (Å²) in [5, 5.41) is 0. The highest BCUT2D eigenvalue weighted by Gasteiger charge is 2.08. The second-order valence-electron chi connectivity index (χ2n) is 4.19. The van der Waals surface area contributed by atoms with E-state index in [1.807, 2.05) is 36.7 Å². The van der Waals surface area contributed by atoms with Gasteiger partial charge in [-0.25, -0.2) is 9.97 Å². The first-order valence-corrected chi connectivity index (χ1v) is 5.67. The summed E-state index contributed by atoms with van der Waals surface area (Å²) in [5.74, 6) is 1.94. The maximum atomic E-state index is 5.30. The molecule has 0 saturated carbocycles. The predicted octanol–water partition coefficient (Wildman–Crippen LogP) is 3.28. The highest BCUT2D eigenvalue weighted by Crippen LogP contribution is 2.26. The van der Waals surface area contributed by atoms with Crippen molar-refractivity contribution in [1.29, 1.82) is 0 Å². The largest absolute Gasteiger partial charge is 0.496 e. The summed E-state index contributed by atoms with van der Waals surface area (Å²) in [6, 6.07) is 7.76. The SMILES string of the molecule is COc1ccccc1-c1ncc(C(C)C)cn1. The number of ether oxygens (including phenoxy) is 1. The zero-order chi connectivity index (χ0) is 12.3. The second kappa shape index (κ2) is 4.95. The molecule has 0 aliphatic rings. The van der Waals surface area contributed by atoms with E-state index in [9.17, 15) is 0 Å². The van der Waals surface area contributed by atoms with Crippen molar-refractivity contribution in [2.45, 2.75) is 19.8 Å². The number of para-hydroxylation sites is 1. The van der Waals surface area contributed by atoms with Crippen LogP contribution >= 0.6 is 0 Å². The Bertz CT molecular complexity index is 492. The molecular weight excluding hydrogens is 212 g/mol. The van der Waals surface area contributed by atoms with Crippen molar-refractivity contribution in [3.8, 4) is 17.1 Å². The molecule has 1 heterocycles. The zero-order valence-corrected chi connectivity index (χ0v) is 10.3. The molecule has 0 N–H and O–H groups in total. The molecule has 0 unspecified atom stereocenters. The van der Waals surface area contributed by atoms with Crippen molar-refractivity contribution < 1.29 is 4.74 Å². The molecule has 3 nitrogen and oxygen atoms in total. The summed E-state index contributed by atoms with van der Waals surface area (Å²) >= 11 is 0. The summed E-state index contributed by atoms with van der Waals surface area (Å²) in [6.45, 7) is 4.25. The third-order valence-electron chi connectivity index (χ3n) is 2.69. The Morgan fingerprint density at radius 1 is 1.06 bits per heavy atom. The average molecular weight is 228 g/mol. The van der Waals surface area contributed by atoms with E-state index in [0.29, 0.717) is 11.7 Å². The van der Waals surface area contributed by atoms with Gasteiger partial charge in [-0.3, -0.25) is 0 Å². The first-order valence-electron chi connectivity index (χ1n) is 5.67. The van der Waals surface area contributed by atoms with Crippen LogP contribution in [-0.4, -0.2) is 17.1 Å². The van der Waals surface area contributed by atoms with E-state index in [1.165, 1.54) is 0 Å². The Hall–Kier alpha value is -1.90. The van der Waals surface area contributed by atoms with E-state index in [2.05, 4.69) is 23.8 Å². The first kappa shape index (κ1) is 11.6. The van der Waals surface area contributed by atoms with Crippen LogP contribution in [0.4, 0.5) is 0 Å². The minimum atomic E-state index is 0.446. The second-order valence-corrected chi connectivity index (χ2v) is 4.19. The van der Waals surface area contributed by atoms with E-state index in [1.54, 1.807) is 7.11 Å². The number of hydrogen-bond donors (Lipinski definition) is 0. The molecule has 0 atom stereocenters. The van der Waals surface area contributed by atoms with Gasteiger partial charge in [0.15, 0.2) is 5.82 Å². The molecule has 3 heteroatoms. The van der Waals surface area contributed by atoms with Gasteiger partial charge < -0.3 is 4.74 Å². The summed E-state index contributed by atoms with van der Waals surface area (Å²) in [4.78, 5) is 8.78. The molecular formula is C14H16N2O. The lowest BCUT2D eigenvalue weighted by molar-refractivity contribution is 0.416. The Morgan fingerprint density at radius 3 is 2.29 bits per heavy atom. The first-order chi connectivity index (χ1) is 8.22. The molecule has 2 rings (SSSR count). The number of methoxy groups -OCH3 is 1. The molecule has 88 valence electrons. The molecule has 1 aromatic heterocycles. The zero-order valence-electron chi connectivity index (χ0n) is 10.3. The van der Waals surface area contributed by atoms with Gasteiger partial charge in [0.25, 0.3) is 0 Å². The lowest BCUT2D eigenvalue weighted by atomic mass is 10.1. The van der Waals surface area contributed by atoms with Gasteiger partial charge in [0, 0.05) is 12.4 Å². The number of benzene rings is 1. The van der Waals surface area contributed by atoms with Crippen LogP contribution in [0.25, 0.3) is 11.4 Å². The van der Waals surface area contributed by atoms with Gasteiger partial charge in [0.05, 0.1) is 12.7 Å². The van der Waals surface area contributed by atoms with Gasteiger partial charge in [-0.2, -0.15) is 0 Å². The monoisotopic (exact) mass is 228 g/mol. The summed E-state index contributed by atoms with van der Waals surface area (Å²) in [6.07, 6.45) is 3.75. The lowest BCUT2D eigenvalue weighted by Crippen LogP contribution is -1.95. The molecule has 1 aromatic carbocycles. The number of hydrogen-bond acceptors (Lipinski definition) is 3. The van der Waals surface area contributed by atoms with E-state index >= 15 is 0 Å². The van der Waals surface area contributed by atoms with Crippen molar-refractivity contribution in [3.05, 3.63) is 42.2 Å². The van der Waals surface area contributed by atoms with Crippen LogP contribution in [-0.2, 0) is 0 Å². The molecule has 0 fully saturated rings. The van der Waals surface area contributed by atoms with Crippen LogP contribution in [0.15, 0.2) is 36.7 Å². The number of nitrogens with zero attached hydrogens (tertiary/aromatic N) is 2. The Labute approximate surface area is 102 Å². The normalized spacial score (nSPS) is 10.6. The summed E-state index contributed by atoms with van der Waals surface area (Å²) in [5.41, 5.74) is 2.06. The molecule has 0 amide bonds. The Morgan fingerprint density at radius 2 is 1.71 bits per heavy atom. The predicted molar refractivity (Wildman–Crippen MR) is 68.1 cm³/mol. The topological polar surface area (TPSA) is 35.0 Å². The third kappa shape index (κ3) is 2.44. The van der Waals surface area contributed by atoms with E-state index in [-0.39, 0.29) is 0 Å². The molecule has 0 spiro atoms. The van der Waals surface area contributed by atoms with Gasteiger partial charge in [-0.1, -0.05) is 26.0 Å². The standard InChI is InChI=1S/C14H16N2O/c1-10(2)11-8-15-14(16-9-11)12-6-4-5-7-13(12)17-3/h4-10H,1-3H3. The van der Waals surface area contributed by atoms with Crippen LogP contribution in [0, 0.1) is 0 Å². The van der Waals surface area contributed by atoms with Crippen LogP contribution in [0.2, 0.25) is 0 Å². The van der Waals surface area contributed by atoms with Crippen LogP contribution in [0.3, 0.4) is 0 Å². The van der Waals surface area contributed by atoms with Crippen molar-refractivity contribution in [3.63, 3.8) is 0 Å². The van der Waals surface area contributed by atoms with Gasteiger partial charge in [-0.15, -0.1) is 0 Å². The van der Waals surface area contributed by atoms with Gasteiger partial charge in [0.1, 0.15) is 5.75 Å². The molecule has 17 heavy (non-hydrogen) atoms. The van der Waals surface area contributed by atoms with Gasteiger partial charge >= 0.3 is 0 Å². The fraction of sp³-hybridized carbons (Fsp3) is 0.286. The molecule has 0 radical (unpaired) electrons. The van der Waals surface area contributed by atoms with Crippen molar-refractivity contribution in [2.75, 3.05) is 7.11 Å². The Kier molecular flexibility index (Phi) is 3.38. The minimum absolute atomic E-state index is 0.446. The fourth-order valence-corrected chi connectivity index (χ4v) is 1.60. The lowest BCUT2D eigenvalue weighted by Gasteiger charge is -2.08. The van der Waals surface area contributed by atoms with E-state index in [4.69, 9.17) is 4.74 Å². The molecule has 0 aliphatic heterocycles. The highest BCUT2D eigenvalue weighted by atomic mass is 16.5. The fourth-order valence-electron chi connectivity index (χ4n) is 1.60. The van der Waals surface area contributed by atoms with Gasteiger partial charge in [-0.05, 0) is 23.6 Å². The van der Waals surface area contributed by atoms with Crippen LogP contribution in [0.5, 0.6) is 5.75 Å². The van der Waals surface area contributed by atoms with Crippen LogP contribution < -0.4 is 4.74 Å². The molecule has 2 aromatic rings. The average Bonchev–Trinajstić information content (AvgIpc) is 2.39. The quantitative estimate of drug-likeness (QED) is 0.808. The minimum Gasteiger partial charge on any atom is -0.496 e. The summed E-state index contributed by atoms with van der Waals surface area (Å²) < 4.78 is 5.30. The van der Waals surface area contributed by atoms with Crippen molar-refractivity contribution in [1.82, 2.24) is 9.97 Å². The maximum Gasteiger partial charge on any atom is 0.162 e. The molecule has 0 saturated heterocycles. The molecule has 0 bridgehead atoms. The van der Waals surface area contributed by atoms with Crippen LogP contribution in [0.1, 0.15) is 25.3 Å². The van der Waals surface area contributed by atoms with E-state index in [0.717, 1.165) is 16.9 Å². The Balaban J connectivity index is 2.40. The highest BCUT2D eigenvalue weighted by molar-refractivity contribution is 5.63. The van der Waals surface area contributed by atoms with Gasteiger partial charge in [0.2, 0.25) is 0 Å². The molecule has 0 aliphatic carbocycles. The summed E-state index contributed by atoms with van der Waals surface area (Å²) in [7, 11) is 1.65. The smallest absolute Gasteiger partial charge is 0.162 e. The van der Waals surface area contributed by atoms with Crippen molar-refractivity contribution >= 4 is 0 Å². The number of aromatic nitrogens is 2. The number of rotatable bonds is 3.